The van der Waals surface area contributed by atoms with E-state index in [1.807, 2.05) is 12.3 Å². The highest BCUT2D eigenvalue weighted by Gasteiger charge is 2.20. The summed E-state index contributed by atoms with van der Waals surface area (Å²) in [6.07, 6.45) is 5.43. The number of amides is 2. The first-order valence-electron chi connectivity index (χ1n) is 10.3. The SMILES string of the molecule is CSCC[C@@H](NC(=O)/C=C\c1ccc2c(c1)OCCO2)C(=O)Nc1ccc2oc(=O)[nH]c2c1. The number of oxazole rings is 1. The van der Waals surface area contributed by atoms with Crippen LogP contribution < -0.4 is 25.9 Å². The van der Waals surface area contributed by atoms with E-state index in [-0.39, 0.29) is 11.8 Å². The van der Waals surface area contributed by atoms with Gasteiger partial charge in [0.1, 0.15) is 19.3 Å². The first-order chi connectivity index (χ1) is 16.0. The Morgan fingerprint density at radius 1 is 1.15 bits per heavy atom. The second-order valence-electron chi connectivity index (χ2n) is 7.29. The summed E-state index contributed by atoms with van der Waals surface area (Å²) in [7, 11) is 0. The molecule has 172 valence electrons. The van der Waals surface area contributed by atoms with Crippen LogP contribution in [0.1, 0.15) is 12.0 Å². The van der Waals surface area contributed by atoms with E-state index < -0.39 is 11.8 Å². The average molecular weight is 470 g/mol. The van der Waals surface area contributed by atoms with E-state index in [2.05, 4.69) is 15.6 Å². The molecule has 3 N–H and O–H groups in total. The van der Waals surface area contributed by atoms with Crippen molar-refractivity contribution >= 4 is 46.4 Å². The number of nitrogens with one attached hydrogen (secondary N) is 3. The fourth-order valence-corrected chi connectivity index (χ4v) is 3.79. The maximum absolute atomic E-state index is 12.8. The molecule has 2 heterocycles. The fourth-order valence-electron chi connectivity index (χ4n) is 3.32. The highest BCUT2D eigenvalue weighted by atomic mass is 32.2. The number of aromatic amines is 1. The third-order valence-electron chi connectivity index (χ3n) is 4.92. The minimum absolute atomic E-state index is 0.352. The summed E-state index contributed by atoms with van der Waals surface area (Å²) in [5.41, 5.74) is 2.14. The molecule has 0 bridgehead atoms. The van der Waals surface area contributed by atoms with E-state index in [9.17, 15) is 14.4 Å². The number of aromatic nitrogens is 1. The summed E-state index contributed by atoms with van der Waals surface area (Å²) in [4.78, 5) is 39.2. The molecule has 1 aromatic heterocycles. The lowest BCUT2D eigenvalue weighted by molar-refractivity contribution is -0.123. The number of hydrogen-bond donors (Lipinski definition) is 3. The summed E-state index contributed by atoms with van der Waals surface area (Å²) in [6, 6.07) is 9.52. The van der Waals surface area contributed by atoms with Crippen LogP contribution in [0.15, 0.2) is 51.7 Å². The zero-order valence-corrected chi connectivity index (χ0v) is 18.7. The van der Waals surface area contributed by atoms with E-state index >= 15 is 0 Å². The number of rotatable bonds is 8. The minimum atomic E-state index is -0.728. The van der Waals surface area contributed by atoms with Crippen LogP contribution in [0.5, 0.6) is 11.5 Å². The molecule has 1 aliphatic rings. The molecule has 2 aromatic carbocycles. The van der Waals surface area contributed by atoms with Crippen LogP contribution in [-0.4, -0.2) is 48.1 Å². The molecule has 0 spiro atoms. The van der Waals surface area contributed by atoms with Crippen LogP contribution in [0.4, 0.5) is 5.69 Å². The third-order valence-corrected chi connectivity index (χ3v) is 5.57. The van der Waals surface area contributed by atoms with Gasteiger partial charge in [0.05, 0.1) is 5.52 Å². The number of benzene rings is 2. The van der Waals surface area contributed by atoms with Crippen molar-refractivity contribution in [1.29, 1.82) is 0 Å². The number of thioether (sulfide) groups is 1. The third kappa shape index (κ3) is 5.78. The predicted octanol–water partition coefficient (Wildman–Crippen LogP) is 2.78. The molecular weight excluding hydrogens is 446 g/mol. The van der Waals surface area contributed by atoms with Gasteiger partial charge in [-0.2, -0.15) is 11.8 Å². The van der Waals surface area contributed by atoms with Gasteiger partial charge in [-0.25, -0.2) is 4.79 Å². The summed E-state index contributed by atoms with van der Waals surface area (Å²) in [5.74, 6) is 0.698. The Bertz CT molecular complexity index is 1250. The number of ether oxygens (including phenoxy) is 2. The molecule has 3 aromatic rings. The molecule has 0 saturated heterocycles. The monoisotopic (exact) mass is 469 g/mol. The quantitative estimate of drug-likeness (QED) is 0.434. The van der Waals surface area contributed by atoms with Gasteiger partial charge >= 0.3 is 5.76 Å². The molecule has 0 aliphatic carbocycles. The Morgan fingerprint density at radius 3 is 2.79 bits per heavy atom. The lowest BCUT2D eigenvalue weighted by Crippen LogP contribution is -2.43. The summed E-state index contributed by atoms with van der Waals surface area (Å²) in [6.45, 7) is 0.995. The van der Waals surface area contributed by atoms with Crippen molar-refractivity contribution in [2.45, 2.75) is 12.5 Å². The van der Waals surface area contributed by atoms with Crippen LogP contribution in [-0.2, 0) is 9.59 Å². The first kappa shape index (κ1) is 22.5. The molecule has 33 heavy (non-hydrogen) atoms. The van der Waals surface area contributed by atoms with Gasteiger partial charge in [0.25, 0.3) is 0 Å². The fraction of sp³-hybridized carbons (Fsp3) is 0.261. The summed E-state index contributed by atoms with van der Waals surface area (Å²) in [5, 5.41) is 5.55. The molecule has 1 atom stereocenters. The van der Waals surface area contributed by atoms with Gasteiger partial charge in [-0.05, 0) is 60.4 Å². The van der Waals surface area contributed by atoms with Crippen LogP contribution in [0, 0.1) is 0 Å². The molecule has 4 rings (SSSR count). The Morgan fingerprint density at radius 2 is 1.97 bits per heavy atom. The van der Waals surface area contributed by atoms with Crippen molar-refractivity contribution in [3.8, 4) is 11.5 Å². The van der Waals surface area contributed by atoms with Gasteiger partial charge in [0.2, 0.25) is 11.8 Å². The Hall–Kier alpha value is -3.66. The van der Waals surface area contributed by atoms with Crippen LogP contribution in [0.3, 0.4) is 0 Å². The highest BCUT2D eigenvalue weighted by molar-refractivity contribution is 7.98. The zero-order chi connectivity index (χ0) is 23.2. The van der Waals surface area contributed by atoms with E-state index in [1.54, 1.807) is 48.2 Å². The van der Waals surface area contributed by atoms with Gasteiger partial charge in [-0.1, -0.05) is 6.07 Å². The van der Waals surface area contributed by atoms with Gasteiger partial charge in [-0.3, -0.25) is 14.6 Å². The number of hydrogen-bond acceptors (Lipinski definition) is 7. The Kier molecular flexibility index (Phi) is 7.04. The standard InChI is InChI=1S/C23H23N3O6S/c1-33-11-8-16(22(28)24-15-4-6-18-17(13-15)26-23(29)32-18)25-21(27)7-3-14-2-5-19-20(12-14)31-10-9-30-19/h2-7,12-13,16H,8-11H2,1H3,(H,24,28)(H,25,27)(H,26,29)/b7-3-/t16-/m1/s1. The Labute approximate surface area is 193 Å². The second-order valence-corrected chi connectivity index (χ2v) is 8.28. The summed E-state index contributed by atoms with van der Waals surface area (Å²) < 4.78 is 16.0. The number of H-pyrrole nitrogens is 1. The maximum Gasteiger partial charge on any atom is 0.417 e. The number of carbonyl (C=O) groups excluding carboxylic acids is 2. The van der Waals surface area contributed by atoms with Gasteiger partial charge < -0.3 is 24.5 Å². The van der Waals surface area contributed by atoms with Crippen molar-refractivity contribution in [3.63, 3.8) is 0 Å². The molecule has 9 nitrogen and oxygen atoms in total. The normalized spacial score (nSPS) is 13.7. The average Bonchev–Trinajstić information content (AvgIpc) is 3.19. The lowest BCUT2D eigenvalue weighted by atomic mass is 10.1. The molecule has 0 fully saturated rings. The highest BCUT2D eigenvalue weighted by Crippen LogP contribution is 2.31. The maximum atomic E-state index is 12.8. The molecule has 2 amide bonds. The topological polar surface area (TPSA) is 123 Å². The van der Waals surface area contributed by atoms with Crippen molar-refractivity contribution in [3.05, 3.63) is 58.6 Å². The van der Waals surface area contributed by atoms with Crippen LogP contribution in [0.2, 0.25) is 0 Å². The zero-order valence-electron chi connectivity index (χ0n) is 17.9. The molecular formula is C23H23N3O6S. The van der Waals surface area contributed by atoms with E-state index in [1.165, 1.54) is 6.08 Å². The number of carbonyl (C=O) groups is 2. The molecule has 0 unspecified atom stereocenters. The minimum Gasteiger partial charge on any atom is -0.486 e. The van der Waals surface area contributed by atoms with E-state index in [0.717, 1.165) is 5.56 Å². The molecule has 10 heteroatoms. The van der Waals surface area contributed by atoms with Crippen LogP contribution in [0.25, 0.3) is 17.2 Å². The van der Waals surface area contributed by atoms with Crippen molar-refractivity contribution in [2.24, 2.45) is 0 Å². The second kappa shape index (κ2) is 10.3. The largest absolute Gasteiger partial charge is 0.486 e. The number of fused-ring (bicyclic) bond motifs is 2. The van der Waals surface area contributed by atoms with Gasteiger partial charge in [0.15, 0.2) is 17.1 Å². The van der Waals surface area contributed by atoms with E-state index in [4.69, 9.17) is 13.9 Å². The first-order valence-corrected chi connectivity index (χ1v) is 11.7. The van der Waals surface area contributed by atoms with Crippen molar-refractivity contribution in [1.82, 2.24) is 10.3 Å². The lowest BCUT2D eigenvalue weighted by Gasteiger charge is -2.18. The molecule has 0 saturated carbocycles. The van der Waals surface area contributed by atoms with Crippen LogP contribution >= 0.6 is 11.8 Å². The van der Waals surface area contributed by atoms with E-state index in [0.29, 0.717) is 53.7 Å². The Balaban J connectivity index is 1.41. The molecule has 1 aliphatic heterocycles. The van der Waals surface area contributed by atoms with Gasteiger partial charge in [-0.15, -0.1) is 0 Å². The molecule has 0 radical (unpaired) electrons. The smallest absolute Gasteiger partial charge is 0.417 e. The van der Waals surface area contributed by atoms with Gasteiger partial charge in [0, 0.05) is 11.8 Å². The van der Waals surface area contributed by atoms with Crippen molar-refractivity contribution < 1.29 is 23.5 Å². The van der Waals surface area contributed by atoms with Crippen molar-refractivity contribution in [2.75, 3.05) is 30.5 Å². The predicted molar refractivity (Wildman–Crippen MR) is 127 cm³/mol. The number of anilines is 1. The summed E-state index contributed by atoms with van der Waals surface area (Å²) >= 11 is 1.58.